The molecule has 2 fully saturated rings. The van der Waals surface area contributed by atoms with Crippen molar-refractivity contribution in [2.45, 2.75) is 38.3 Å². The highest BCUT2D eigenvalue weighted by atomic mass is 19.1. The molecule has 1 saturated carbocycles. The van der Waals surface area contributed by atoms with Gasteiger partial charge >= 0.3 is 0 Å². The second-order valence-electron chi connectivity index (χ2n) is 8.45. The van der Waals surface area contributed by atoms with Crippen LogP contribution in [0.1, 0.15) is 32.1 Å². The van der Waals surface area contributed by atoms with E-state index in [1.165, 1.54) is 24.6 Å². The number of phenols is 1. The molecule has 3 N–H and O–H groups in total. The Morgan fingerprint density at radius 1 is 1.00 bits per heavy atom. The molecule has 0 spiro atoms. The van der Waals surface area contributed by atoms with E-state index in [0.717, 1.165) is 43.7 Å². The van der Waals surface area contributed by atoms with Gasteiger partial charge in [-0.3, -0.25) is 4.68 Å². The Bertz CT molecular complexity index is 1280. The highest BCUT2D eigenvalue weighted by molar-refractivity contribution is 5.89. The Balaban J connectivity index is 0.000000343. The molecule has 9 heteroatoms. The third kappa shape index (κ3) is 4.79. The van der Waals surface area contributed by atoms with Crippen LogP contribution in [0, 0.1) is 5.82 Å². The van der Waals surface area contributed by atoms with Crippen molar-refractivity contribution in [3.05, 3.63) is 42.3 Å². The maximum atomic E-state index is 14.5. The highest BCUT2D eigenvalue weighted by Gasteiger charge is 2.19. The molecule has 0 amide bonds. The van der Waals surface area contributed by atoms with Crippen LogP contribution in [-0.2, 0) is 7.05 Å². The van der Waals surface area contributed by atoms with Gasteiger partial charge in [0, 0.05) is 37.3 Å². The molecule has 6 rings (SSSR count). The van der Waals surface area contributed by atoms with Gasteiger partial charge in [-0.05, 0) is 69.5 Å². The molecule has 2 aliphatic rings. The summed E-state index contributed by atoms with van der Waals surface area (Å²) in [5, 5.41) is 15.0. The predicted octanol–water partition coefficient (Wildman–Crippen LogP) is 4.71. The summed E-state index contributed by atoms with van der Waals surface area (Å²) in [4.78, 5) is 11.6. The van der Waals surface area contributed by atoms with Crippen molar-refractivity contribution in [1.29, 1.82) is 0 Å². The molecule has 3 aromatic heterocycles. The topological polar surface area (TPSA) is 93.1 Å². The zero-order valence-corrected chi connectivity index (χ0v) is 19.5. The van der Waals surface area contributed by atoms with Crippen molar-refractivity contribution < 1.29 is 13.9 Å². The van der Waals surface area contributed by atoms with Crippen molar-refractivity contribution in [2.75, 3.05) is 25.0 Å². The number of halogens is 2. The number of rotatable bonds is 2. The van der Waals surface area contributed by atoms with Crippen molar-refractivity contribution >= 4 is 27.8 Å². The van der Waals surface area contributed by atoms with Gasteiger partial charge in [0.1, 0.15) is 17.5 Å². The van der Waals surface area contributed by atoms with Gasteiger partial charge in [-0.2, -0.15) is 5.10 Å². The van der Waals surface area contributed by atoms with Gasteiger partial charge in [0.2, 0.25) is 0 Å². The number of phenolic OH excluding ortho intramolecular Hbond substituents is 1. The molecule has 180 valence electrons. The quantitative estimate of drug-likeness (QED) is 0.443. The molecule has 7 nitrogen and oxygen atoms in total. The number of aromatic nitrogens is 4. The SMILES string of the molecule is CN.Cn1cc2cc(-c3ccc4nc(N5CCCC5)ccc4n3)c(O)c(F)c2n1.FC1CCC1. The van der Waals surface area contributed by atoms with Crippen molar-refractivity contribution in [1.82, 2.24) is 19.7 Å². The van der Waals surface area contributed by atoms with E-state index in [1.54, 1.807) is 25.4 Å². The maximum absolute atomic E-state index is 14.5. The van der Waals surface area contributed by atoms with Crippen LogP contribution in [0.2, 0.25) is 0 Å². The minimum absolute atomic E-state index is 0.150. The Morgan fingerprint density at radius 2 is 1.65 bits per heavy atom. The molecule has 4 aromatic rings. The molecule has 0 atom stereocenters. The van der Waals surface area contributed by atoms with Crippen LogP contribution >= 0.6 is 0 Å². The van der Waals surface area contributed by atoms with Gasteiger partial charge in [0.05, 0.1) is 16.7 Å². The first-order valence-electron chi connectivity index (χ1n) is 11.6. The number of fused-ring (bicyclic) bond motifs is 2. The maximum Gasteiger partial charge on any atom is 0.193 e. The number of aryl methyl sites for hydroxylation is 1. The minimum atomic E-state index is -0.729. The van der Waals surface area contributed by atoms with Gasteiger partial charge in [-0.25, -0.2) is 18.7 Å². The minimum Gasteiger partial charge on any atom is -0.504 e. The number of hydrogen-bond acceptors (Lipinski definition) is 6. The van der Waals surface area contributed by atoms with Gasteiger partial charge in [0.15, 0.2) is 11.6 Å². The fourth-order valence-electron chi connectivity index (χ4n) is 4.06. The van der Waals surface area contributed by atoms with E-state index < -0.39 is 17.7 Å². The zero-order valence-electron chi connectivity index (χ0n) is 19.5. The number of pyridine rings is 2. The van der Waals surface area contributed by atoms with E-state index in [0.29, 0.717) is 22.2 Å². The summed E-state index contributed by atoms with van der Waals surface area (Å²) in [6.07, 6.45) is 6.42. The van der Waals surface area contributed by atoms with Crippen LogP contribution in [0.15, 0.2) is 36.5 Å². The second-order valence-corrected chi connectivity index (χ2v) is 8.45. The van der Waals surface area contributed by atoms with Gasteiger partial charge < -0.3 is 15.7 Å². The Labute approximate surface area is 197 Å². The lowest BCUT2D eigenvalue weighted by Gasteiger charge is -2.16. The number of hydrogen-bond donors (Lipinski definition) is 2. The lowest BCUT2D eigenvalue weighted by Crippen LogP contribution is -2.18. The average molecular weight is 469 g/mol. The van der Waals surface area contributed by atoms with E-state index in [9.17, 15) is 13.9 Å². The molecule has 1 aromatic carbocycles. The summed E-state index contributed by atoms with van der Waals surface area (Å²) >= 11 is 0. The first-order valence-corrected chi connectivity index (χ1v) is 11.6. The van der Waals surface area contributed by atoms with Crippen LogP contribution in [0.3, 0.4) is 0 Å². The van der Waals surface area contributed by atoms with E-state index in [4.69, 9.17) is 4.98 Å². The number of aromatic hydroxyl groups is 1. The molecule has 1 aliphatic carbocycles. The third-order valence-corrected chi connectivity index (χ3v) is 6.10. The van der Waals surface area contributed by atoms with Crippen molar-refractivity contribution in [3.8, 4) is 17.0 Å². The Hall–Kier alpha value is -3.33. The van der Waals surface area contributed by atoms with Crippen LogP contribution in [-0.4, -0.2) is 51.2 Å². The summed E-state index contributed by atoms with van der Waals surface area (Å²) in [5.41, 5.74) is 6.99. The first-order chi connectivity index (χ1) is 16.5. The van der Waals surface area contributed by atoms with Crippen LogP contribution < -0.4 is 10.6 Å². The monoisotopic (exact) mass is 468 g/mol. The van der Waals surface area contributed by atoms with E-state index in [2.05, 4.69) is 20.7 Å². The standard InChI is InChI=1S/C20H18FN5O.C4H7F.CH5N/c1-25-11-12-10-13(20(27)18(21)19(12)24-25)14-4-5-16-15(22-14)6-7-17(23-16)26-8-2-3-9-26;5-4-2-1-3-4;1-2/h4-7,10-11,27H,2-3,8-9H2,1H3;4H,1-3H2;2H2,1H3. The summed E-state index contributed by atoms with van der Waals surface area (Å²) in [7, 11) is 3.22. The average Bonchev–Trinajstić information content (AvgIpc) is 3.51. The smallest absolute Gasteiger partial charge is 0.193 e. The number of benzene rings is 1. The molecule has 0 radical (unpaired) electrons. The summed E-state index contributed by atoms with van der Waals surface area (Å²) in [5.74, 6) is -0.206. The van der Waals surface area contributed by atoms with Gasteiger partial charge in [-0.1, -0.05) is 0 Å². The Kier molecular flexibility index (Phi) is 7.21. The van der Waals surface area contributed by atoms with E-state index >= 15 is 0 Å². The third-order valence-electron chi connectivity index (χ3n) is 6.10. The zero-order chi connectivity index (χ0) is 24.2. The van der Waals surface area contributed by atoms with Crippen molar-refractivity contribution in [2.24, 2.45) is 12.8 Å². The summed E-state index contributed by atoms with van der Waals surface area (Å²) in [6.45, 7) is 2.06. The normalized spacial score (nSPS) is 15.5. The molecule has 0 bridgehead atoms. The number of alkyl halides is 1. The summed E-state index contributed by atoms with van der Waals surface area (Å²) in [6, 6.07) is 9.23. The number of nitrogens with two attached hydrogens (primary N) is 1. The second kappa shape index (κ2) is 10.3. The fraction of sp³-hybridized carbons (Fsp3) is 0.400. The summed E-state index contributed by atoms with van der Waals surface area (Å²) < 4.78 is 27.6. The molecule has 1 saturated heterocycles. The lowest BCUT2D eigenvalue weighted by molar-refractivity contribution is 0.211. The van der Waals surface area contributed by atoms with Crippen LogP contribution in [0.4, 0.5) is 14.6 Å². The van der Waals surface area contributed by atoms with E-state index in [-0.39, 0.29) is 5.52 Å². The molecule has 34 heavy (non-hydrogen) atoms. The van der Waals surface area contributed by atoms with Gasteiger partial charge in [0.25, 0.3) is 0 Å². The van der Waals surface area contributed by atoms with Crippen LogP contribution in [0.5, 0.6) is 5.75 Å². The molecular formula is C25H30F2N6O. The molecule has 0 unspecified atom stereocenters. The Morgan fingerprint density at radius 3 is 2.29 bits per heavy atom. The molecule has 1 aliphatic heterocycles. The largest absolute Gasteiger partial charge is 0.504 e. The van der Waals surface area contributed by atoms with Crippen molar-refractivity contribution in [3.63, 3.8) is 0 Å². The van der Waals surface area contributed by atoms with Crippen LogP contribution in [0.25, 0.3) is 33.2 Å². The number of nitrogens with zero attached hydrogens (tertiary/aromatic N) is 5. The highest BCUT2D eigenvalue weighted by Crippen LogP contribution is 2.36. The van der Waals surface area contributed by atoms with Gasteiger partial charge in [-0.15, -0.1) is 0 Å². The van der Waals surface area contributed by atoms with E-state index in [1.807, 2.05) is 18.2 Å². The fourth-order valence-corrected chi connectivity index (χ4v) is 4.06. The number of anilines is 1. The lowest BCUT2D eigenvalue weighted by atomic mass is 9.98. The first kappa shape index (κ1) is 23.8. The molecule has 4 heterocycles. The molecular weight excluding hydrogens is 438 g/mol. The predicted molar refractivity (Wildman–Crippen MR) is 131 cm³/mol.